The van der Waals surface area contributed by atoms with Gasteiger partial charge in [-0.05, 0) is 55.5 Å². The van der Waals surface area contributed by atoms with Gasteiger partial charge < -0.3 is 5.32 Å². The zero-order valence-corrected chi connectivity index (χ0v) is 15.3. The number of aromatic nitrogens is 2. The molecule has 5 nitrogen and oxygen atoms in total. The Morgan fingerprint density at radius 1 is 1.07 bits per heavy atom. The average Bonchev–Trinajstić information content (AvgIpc) is 3.06. The van der Waals surface area contributed by atoms with Crippen molar-refractivity contribution < 1.29 is 4.79 Å². The summed E-state index contributed by atoms with van der Waals surface area (Å²) in [5.41, 5.74) is 3.62. The van der Waals surface area contributed by atoms with E-state index in [9.17, 15) is 4.79 Å². The molecule has 1 amide bonds. The van der Waals surface area contributed by atoms with E-state index < -0.39 is 0 Å². The molecule has 2 aliphatic heterocycles. The van der Waals surface area contributed by atoms with Crippen molar-refractivity contribution >= 4 is 16.8 Å². The zero-order valence-electron chi connectivity index (χ0n) is 15.3. The third-order valence-corrected chi connectivity index (χ3v) is 6.03. The van der Waals surface area contributed by atoms with Crippen molar-refractivity contribution in [2.75, 3.05) is 13.1 Å². The van der Waals surface area contributed by atoms with Crippen molar-refractivity contribution in [2.24, 2.45) is 0 Å². The van der Waals surface area contributed by atoms with E-state index in [1.165, 1.54) is 25.8 Å². The topological polar surface area (TPSA) is 61.0 Å². The highest BCUT2D eigenvalue weighted by molar-refractivity contribution is 6.05. The summed E-state index contributed by atoms with van der Waals surface area (Å²) in [6, 6.07) is 17.3. The fourth-order valence-electron chi connectivity index (χ4n) is 4.40. The highest BCUT2D eigenvalue weighted by Gasteiger charge is 2.33. The molecule has 2 aliphatic rings. The maximum atomic E-state index is 12.9. The van der Waals surface area contributed by atoms with Crippen molar-refractivity contribution in [2.45, 2.75) is 37.8 Å². The molecule has 0 bridgehead atoms. The van der Waals surface area contributed by atoms with Gasteiger partial charge in [0, 0.05) is 24.0 Å². The van der Waals surface area contributed by atoms with Crippen LogP contribution in [-0.2, 0) is 0 Å². The first-order chi connectivity index (χ1) is 13.3. The van der Waals surface area contributed by atoms with E-state index in [-0.39, 0.29) is 11.9 Å². The van der Waals surface area contributed by atoms with E-state index in [1.807, 2.05) is 24.3 Å². The van der Waals surface area contributed by atoms with Gasteiger partial charge in [-0.15, -0.1) is 0 Å². The number of nitrogens with zero attached hydrogens (tertiary/aromatic N) is 2. The highest BCUT2D eigenvalue weighted by Crippen LogP contribution is 2.28. The Bertz CT molecular complexity index is 965. The van der Waals surface area contributed by atoms with Crippen molar-refractivity contribution in [3.63, 3.8) is 0 Å². The van der Waals surface area contributed by atoms with Crippen LogP contribution in [0, 0.1) is 0 Å². The molecule has 3 aromatic rings. The van der Waals surface area contributed by atoms with Gasteiger partial charge in [0.05, 0.1) is 5.52 Å². The third kappa shape index (κ3) is 3.12. The molecule has 0 aliphatic carbocycles. The predicted octanol–water partition coefficient (Wildman–Crippen LogP) is 3.59. The van der Waals surface area contributed by atoms with E-state index in [4.69, 9.17) is 0 Å². The number of H-pyrrole nitrogens is 1. The lowest BCUT2D eigenvalue weighted by atomic mass is 10.00. The van der Waals surface area contributed by atoms with Crippen LogP contribution in [0.3, 0.4) is 0 Å². The van der Waals surface area contributed by atoms with Crippen molar-refractivity contribution in [3.8, 4) is 11.1 Å². The van der Waals surface area contributed by atoms with E-state index in [0.717, 1.165) is 41.0 Å². The maximum Gasteiger partial charge on any atom is 0.272 e. The van der Waals surface area contributed by atoms with Crippen LogP contribution >= 0.6 is 0 Å². The van der Waals surface area contributed by atoms with Gasteiger partial charge in [-0.2, -0.15) is 5.10 Å². The second kappa shape index (κ2) is 6.82. The van der Waals surface area contributed by atoms with Crippen LogP contribution in [0.1, 0.15) is 36.2 Å². The first-order valence-electron chi connectivity index (χ1n) is 9.86. The van der Waals surface area contributed by atoms with Crippen LogP contribution in [0.15, 0.2) is 48.5 Å². The zero-order chi connectivity index (χ0) is 18.2. The quantitative estimate of drug-likeness (QED) is 0.750. The number of fused-ring (bicyclic) bond motifs is 2. The maximum absolute atomic E-state index is 12.9. The molecule has 5 rings (SSSR count). The highest BCUT2D eigenvalue weighted by atomic mass is 16.2. The van der Waals surface area contributed by atoms with E-state index >= 15 is 0 Å². The van der Waals surface area contributed by atoms with Gasteiger partial charge in [-0.1, -0.05) is 36.4 Å². The second-order valence-electron chi connectivity index (χ2n) is 7.74. The summed E-state index contributed by atoms with van der Waals surface area (Å²) in [6.45, 7) is 2.14. The fraction of sp³-hybridized carbons (Fsp3) is 0.364. The van der Waals surface area contributed by atoms with Gasteiger partial charge in [-0.25, -0.2) is 0 Å². The van der Waals surface area contributed by atoms with Gasteiger partial charge in [0.1, 0.15) is 0 Å². The van der Waals surface area contributed by atoms with Gasteiger partial charge >= 0.3 is 0 Å². The Morgan fingerprint density at radius 2 is 1.96 bits per heavy atom. The molecule has 138 valence electrons. The molecule has 0 saturated carbocycles. The minimum absolute atomic E-state index is 0.0737. The number of amides is 1. The Kier molecular flexibility index (Phi) is 4.17. The summed E-state index contributed by atoms with van der Waals surface area (Å²) in [4.78, 5) is 15.5. The normalized spacial score (nSPS) is 22.7. The SMILES string of the molecule is O=C(N[C@@H]1CCCC2CCN2C1)c1n[nH]c2ccc(-c3ccccc3)cc12. The van der Waals surface area contributed by atoms with Gasteiger partial charge in [0.15, 0.2) is 5.69 Å². The Balaban J connectivity index is 1.39. The molecule has 2 saturated heterocycles. The Hall–Kier alpha value is -2.66. The molecule has 3 heterocycles. The number of rotatable bonds is 3. The molecule has 2 N–H and O–H groups in total. The van der Waals surface area contributed by atoms with Crippen molar-refractivity contribution in [3.05, 3.63) is 54.2 Å². The summed E-state index contributed by atoms with van der Waals surface area (Å²) >= 11 is 0. The summed E-state index contributed by atoms with van der Waals surface area (Å²) in [6.07, 6.45) is 4.81. The van der Waals surface area contributed by atoms with Crippen LogP contribution in [0.4, 0.5) is 0 Å². The monoisotopic (exact) mass is 360 g/mol. The number of nitrogens with one attached hydrogen (secondary N) is 2. The molecule has 0 radical (unpaired) electrons. The van der Waals surface area contributed by atoms with Crippen LogP contribution < -0.4 is 5.32 Å². The van der Waals surface area contributed by atoms with Crippen LogP contribution in [0.25, 0.3) is 22.0 Å². The molecule has 1 unspecified atom stereocenters. The second-order valence-corrected chi connectivity index (χ2v) is 7.74. The molecule has 2 atom stereocenters. The lowest BCUT2D eigenvalue weighted by molar-refractivity contribution is 0.0787. The van der Waals surface area contributed by atoms with Gasteiger partial charge in [-0.3, -0.25) is 14.8 Å². The summed E-state index contributed by atoms with van der Waals surface area (Å²) in [7, 11) is 0. The summed E-state index contributed by atoms with van der Waals surface area (Å²) in [5, 5.41) is 11.4. The number of carbonyl (C=O) groups is 1. The van der Waals surface area contributed by atoms with Gasteiger partial charge in [0.25, 0.3) is 5.91 Å². The molecule has 2 aromatic carbocycles. The summed E-state index contributed by atoms with van der Waals surface area (Å²) in [5.74, 6) is -0.0737. The van der Waals surface area contributed by atoms with E-state index in [1.54, 1.807) is 0 Å². The minimum Gasteiger partial charge on any atom is -0.347 e. The molecule has 1 aromatic heterocycles. The lowest BCUT2D eigenvalue weighted by Gasteiger charge is -2.40. The number of hydrogen-bond acceptors (Lipinski definition) is 3. The first-order valence-corrected chi connectivity index (χ1v) is 9.86. The standard InChI is InChI=1S/C22H24N4O/c27-22(23-17-7-4-8-18-11-12-26(18)14-17)21-19-13-16(9-10-20(19)24-25-21)15-5-2-1-3-6-15/h1-3,5-6,9-10,13,17-18H,4,7-8,11-12,14H2,(H,23,27)(H,24,25)/t17-,18?/m1/s1. The summed E-state index contributed by atoms with van der Waals surface area (Å²) < 4.78 is 0. The van der Waals surface area contributed by atoms with Crippen molar-refractivity contribution in [1.82, 2.24) is 20.4 Å². The lowest BCUT2D eigenvalue weighted by Crippen LogP contribution is -2.52. The first kappa shape index (κ1) is 16.5. The Labute approximate surface area is 158 Å². The number of benzene rings is 2. The van der Waals surface area contributed by atoms with Crippen LogP contribution in [0.5, 0.6) is 0 Å². The third-order valence-electron chi connectivity index (χ3n) is 6.03. The molecular weight excluding hydrogens is 336 g/mol. The van der Waals surface area contributed by atoms with E-state index in [2.05, 4.69) is 44.7 Å². The van der Waals surface area contributed by atoms with Crippen LogP contribution in [0.2, 0.25) is 0 Å². The smallest absolute Gasteiger partial charge is 0.272 e. The van der Waals surface area contributed by atoms with Gasteiger partial charge in [0.2, 0.25) is 0 Å². The number of aromatic amines is 1. The molecule has 27 heavy (non-hydrogen) atoms. The van der Waals surface area contributed by atoms with Crippen LogP contribution in [-0.4, -0.2) is 46.2 Å². The average molecular weight is 360 g/mol. The molecular formula is C22H24N4O. The fourth-order valence-corrected chi connectivity index (χ4v) is 4.40. The molecule has 5 heteroatoms. The Morgan fingerprint density at radius 3 is 2.78 bits per heavy atom. The predicted molar refractivity (Wildman–Crippen MR) is 107 cm³/mol. The number of carbonyl (C=O) groups excluding carboxylic acids is 1. The van der Waals surface area contributed by atoms with Crippen molar-refractivity contribution in [1.29, 1.82) is 0 Å². The largest absolute Gasteiger partial charge is 0.347 e. The molecule has 0 spiro atoms. The molecule has 2 fully saturated rings. The number of hydrogen-bond donors (Lipinski definition) is 2. The van der Waals surface area contributed by atoms with E-state index in [0.29, 0.717) is 5.69 Å². The minimum atomic E-state index is -0.0737.